The van der Waals surface area contributed by atoms with Gasteiger partial charge < -0.3 is 9.80 Å². The number of anilines is 1. The Balaban J connectivity index is 2.23. The molecule has 0 aliphatic heterocycles. The van der Waals surface area contributed by atoms with E-state index in [0.29, 0.717) is 5.15 Å². The van der Waals surface area contributed by atoms with E-state index < -0.39 is 0 Å². The monoisotopic (exact) mass is 282 g/mol. The molecule has 19 heavy (non-hydrogen) atoms. The van der Waals surface area contributed by atoms with Crippen LogP contribution in [0.2, 0.25) is 5.15 Å². The summed E-state index contributed by atoms with van der Waals surface area (Å²) < 4.78 is 0. The van der Waals surface area contributed by atoms with E-state index in [4.69, 9.17) is 11.6 Å². The molecule has 4 nitrogen and oxygen atoms in total. The summed E-state index contributed by atoms with van der Waals surface area (Å²) in [5, 5.41) is 0.557. The van der Waals surface area contributed by atoms with Gasteiger partial charge in [0.05, 0.1) is 0 Å². The summed E-state index contributed by atoms with van der Waals surface area (Å²) in [6, 6.07) is 0. The van der Waals surface area contributed by atoms with Gasteiger partial charge in [0, 0.05) is 24.7 Å². The highest BCUT2D eigenvalue weighted by Crippen LogP contribution is 2.37. The van der Waals surface area contributed by atoms with Gasteiger partial charge in [-0.05, 0) is 47.2 Å². The number of hydrogen-bond donors (Lipinski definition) is 0. The Hall–Kier alpha value is -0.870. The molecule has 0 bridgehead atoms. The van der Waals surface area contributed by atoms with Crippen molar-refractivity contribution in [1.29, 1.82) is 0 Å². The van der Waals surface area contributed by atoms with E-state index in [9.17, 15) is 0 Å². The molecule has 0 amide bonds. The lowest BCUT2D eigenvalue weighted by Gasteiger charge is -2.49. The Kier molecular flexibility index (Phi) is 4.02. The van der Waals surface area contributed by atoms with E-state index in [1.165, 1.54) is 19.3 Å². The van der Waals surface area contributed by atoms with Crippen molar-refractivity contribution in [1.82, 2.24) is 14.9 Å². The number of likely N-dealkylation sites (N-methyl/N-ethyl adjacent to an activating group) is 2. The van der Waals surface area contributed by atoms with Crippen LogP contribution >= 0.6 is 11.6 Å². The molecule has 1 heterocycles. The van der Waals surface area contributed by atoms with Crippen LogP contribution in [0, 0.1) is 13.8 Å². The number of aromatic nitrogens is 2. The maximum Gasteiger partial charge on any atom is 0.137 e. The van der Waals surface area contributed by atoms with Crippen LogP contribution in [0.15, 0.2) is 0 Å². The van der Waals surface area contributed by atoms with Crippen LogP contribution in [0.1, 0.15) is 30.7 Å². The Labute approximate surface area is 120 Å². The third-order valence-corrected chi connectivity index (χ3v) is 4.67. The molecule has 1 aromatic heterocycles. The summed E-state index contributed by atoms with van der Waals surface area (Å²) in [5.74, 6) is 1.68. The molecule has 0 unspecified atom stereocenters. The van der Waals surface area contributed by atoms with E-state index in [1.807, 2.05) is 13.8 Å². The van der Waals surface area contributed by atoms with Crippen LogP contribution in [0.25, 0.3) is 0 Å². The molecule has 1 aromatic rings. The zero-order chi connectivity index (χ0) is 14.2. The van der Waals surface area contributed by atoms with Crippen molar-refractivity contribution >= 4 is 17.4 Å². The van der Waals surface area contributed by atoms with Crippen LogP contribution in [-0.4, -0.2) is 48.1 Å². The minimum atomic E-state index is 0.284. The Bertz CT molecular complexity index is 469. The third-order valence-electron chi connectivity index (χ3n) is 4.30. The zero-order valence-corrected chi connectivity index (χ0v) is 13.3. The van der Waals surface area contributed by atoms with E-state index in [-0.39, 0.29) is 5.54 Å². The summed E-state index contributed by atoms with van der Waals surface area (Å²) in [7, 11) is 6.42. The first kappa shape index (κ1) is 14.5. The second-order valence-electron chi connectivity index (χ2n) is 5.84. The maximum atomic E-state index is 6.16. The van der Waals surface area contributed by atoms with Gasteiger partial charge >= 0.3 is 0 Å². The first-order valence-corrected chi connectivity index (χ1v) is 7.13. The highest BCUT2D eigenvalue weighted by molar-refractivity contribution is 6.30. The molecule has 0 atom stereocenters. The first-order valence-electron chi connectivity index (χ1n) is 6.75. The number of nitrogens with zero attached hydrogens (tertiary/aromatic N) is 4. The predicted octanol–water partition coefficient (Wildman–Crippen LogP) is 2.67. The second kappa shape index (κ2) is 5.25. The fourth-order valence-corrected chi connectivity index (χ4v) is 3.01. The summed E-state index contributed by atoms with van der Waals surface area (Å²) in [4.78, 5) is 13.3. The number of aryl methyl sites for hydroxylation is 1. The molecular weight excluding hydrogens is 260 g/mol. The molecule has 0 N–H and O–H groups in total. The summed E-state index contributed by atoms with van der Waals surface area (Å²) in [5.41, 5.74) is 1.25. The minimum Gasteiger partial charge on any atom is -0.357 e. The minimum absolute atomic E-state index is 0.284. The number of hydrogen-bond acceptors (Lipinski definition) is 4. The van der Waals surface area contributed by atoms with Crippen molar-refractivity contribution in [2.45, 2.75) is 38.6 Å². The highest BCUT2D eigenvalue weighted by Gasteiger charge is 2.40. The number of rotatable bonds is 4. The summed E-state index contributed by atoms with van der Waals surface area (Å²) >= 11 is 6.16. The van der Waals surface area contributed by atoms with Gasteiger partial charge in [0.25, 0.3) is 0 Å². The highest BCUT2D eigenvalue weighted by atomic mass is 35.5. The molecule has 1 fully saturated rings. The van der Waals surface area contributed by atoms with Crippen LogP contribution in [0.4, 0.5) is 5.82 Å². The average Bonchev–Trinajstić information content (AvgIpc) is 2.27. The molecule has 0 spiro atoms. The van der Waals surface area contributed by atoms with Gasteiger partial charge in [-0.3, -0.25) is 0 Å². The van der Waals surface area contributed by atoms with Gasteiger partial charge in [-0.15, -0.1) is 0 Å². The van der Waals surface area contributed by atoms with Crippen LogP contribution in [-0.2, 0) is 0 Å². The molecule has 5 heteroatoms. The van der Waals surface area contributed by atoms with Crippen LogP contribution in [0.3, 0.4) is 0 Å². The fourth-order valence-electron chi connectivity index (χ4n) is 2.80. The van der Waals surface area contributed by atoms with Crippen LogP contribution in [0.5, 0.6) is 0 Å². The predicted molar refractivity (Wildman–Crippen MR) is 80.1 cm³/mol. The number of halogens is 1. The second-order valence-corrected chi connectivity index (χ2v) is 6.20. The van der Waals surface area contributed by atoms with E-state index >= 15 is 0 Å². The van der Waals surface area contributed by atoms with Gasteiger partial charge in [-0.25, -0.2) is 9.97 Å². The van der Waals surface area contributed by atoms with E-state index in [1.54, 1.807) is 0 Å². The summed E-state index contributed by atoms with van der Waals surface area (Å²) in [6.07, 6.45) is 3.82. The van der Waals surface area contributed by atoms with Gasteiger partial charge in [0.15, 0.2) is 0 Å². The van der Waals surface area contributed by atoms with Crippen molar-refractivity contribution in [3.63, 3.8) is 0 Å². The first-order chi connectivity index (χ1) is 8.85. The van der Waals surface area contributed by atoms with Gasteiger partial charge in [0.1, 0.15) is 16.8 Å². The Morgan fingerprint density at radius 1 is 1.16 bits per heavy atom. The molecular formula is C14H23ClN4. The van der Waals surface area contributed by atoms with Gasteiger partial charge in [-0.1, -0.05) is 11.6 Å². The SMILES string of the molecule is Cc1nc(Cl)c(C)c(N(C)CC2(N(C)C)CCC2)n1. The standard InChI is InChI=1S/C14H23ClN4/c1-10-12(15)16-11(2)17-13(10)19(5)9-14(18(3)4)7-6-8-14/h6-9H2,1-5H3. The van der Waals surface area contributed by atoms with Crippen molar-refractivity contribution in [2.75, 3.05) is 32.6 Å². The maximum absolute atomic E-state index is 6.16. The molecule has 1 aliphatic rings. The Morgan fingerprint density at radius 3 is 2.26 bits per heavy atom. The molecule has 0 aromatic carbocycles. The van der Waals surface area contributed by atoms with Crippen molar-refractivity contribution in [2.24, 2.45) is 0 Å². The molecule has 1 saturated carbocycles. The van der Waals surface area contributed by atoms with Crippen molar-refractivity contribution < 1.29 is 0 Å². The topological polar surface area (TPSA) is 32.3 Å². The lowest BCUT2D eigenvalue weighted by Crippen LogP contribution is -2.57. The lowest BCUT2D eigenvalue weighted by atomic mass is 9.75. The molecule has 0 saturated heterocycles. The molecule has 2 rings (SSSR count). The molecule has 106 valence electrons. The van der Waals surface area contributed by atoms with E-state index in [2.05, 4.69) is 40.9 Å². The Morgan fingerprint density at radius 2 is 1.79 bits per heavy atom. The summed E-state index contributed by atoms with van der Waals surface area (Å²) in [6.45, 7) is 4.85. The van der Waals surface area contributed by atoms with Gasteiger partial charge in [-0.2, -0.15) is 0 Å². The third kappa shape index (κ3) is 2.70. The van der Waals surface area contributed by atoms with Crippen LogP contribution < -0.4 is 4.90 Å². The van der Waals surface area contributed by atoms with Crippen molar-refractivity contribution in [3.05, 3.63) is 16.5 Å². The largest absolute Gasteiger partial charge is 0.357 e. The average molecular weight is 283 g/mol. The van der Waals surface area contributed by atoms with Crippen molar-refractivity contribution in [3.8, 4) is 0 Å². The smallest absolute Gasteiger partial charge is 0.137 e. The quantitative estimate of drug-likeness (QED) is 0.795. The zero-order valence-electron chi connectivity index (χ0n) is 12.5. The fraction of sp³-hybridized carbons (Fsp3) is 0.714. The normalized spacial score (nSPS) is 17.4. The molecule has 1 aliphatic carbocycles. The van der Waals surface area contributed by atoms with Gasteiger partial charge in [0.2, 0.25) is 0 Å². The lowest BCUT2D eigenvalue weighted by molar-refractivity contribution is 0.0681. The van der Waals surface area contributed by atoms with E-state index in [0.717, 1.165) is 23.8 Å². The molecule has 0 radical (unpaired) electrons.